The lowest BCUT2D eigenvalue weighted by molar-refractivity contribution is -0.139. The molecule has 0 unspecified atom stereocenters. The van der Waals surface area contributed by atoms with Crippen LogP contribution in [0.4, 0.5) is 11.4 Å². The number of methoxy groups -OCH3 is 1. The lowest BCUT2D eigenvalue weighted by Gasteiger charge is -2.20. The van der Waals surface area contributed by atoms with E-state index in [2.05, 4.69) is 12.2 Å². The minimum absolute atomic E-state index is 0.0673. The minimum atomic E-state index is -0.594. The van der Waals surface area contributed by atoms with Crippen LogP contribution in [0.2, 0.25) is 0 Å². The SMILES string of the molecule is COc1ccc(N2C[C@H](C(=O)Oc3ccc(N4C(=O)[C@@H]5[C@@H](C4=O)[C@H]4C=C[C@@H]5C4)c(C)c3)CC2=O)cc1. The molecule has 2 aliphatic carbocycles. The van der Waals surface area contributed by atoms with Crippen LogP contribution in [0.15, 0.2) is 54.6 Å². The second-order valence-electron chi connectivity index (χ2n) is 9.98. The summed E-state index contributed by atoms with van der Waals surface area (Å²) in [7, 11) is 1.57. The highest BCUT2D eigenvalue weighted by Gasteiger charge is 2.59. The number of fused-ring (bicyclic) bond motifs is 5. The third-order valence-corrected chi connectivity index (χ3v) is 7.94. The van der Waals surface area contributed by atoms with Gasteiger partial charge >= 0.3 is 5.97 Å². The van der Waals surface area contributed by atoms with E-state index in [9.17, 15) is 19.2 Å². The van der Waals surface area contributed by atoms with Gasteiger partial charge in [0.05, 0.1) is 30.6 Å². The van der Waals surface area contributed by atoms with E-state index in [1.54, 1.807) is 61.4 Å². The van der Waals surface area contributed by atoms with E-state index in [1.807, 2.05) is 0 Å². The summed E-state index contributed by atoms with van der Waals surface area (Å²) in [6, 6.07) is 12.0. The first kappa shape index (κ1) is 22.5. The number of esters is 1. The predicted molar refractivity (Wildman–Crippen MR) is 130 cm³/mol. The lowest BCUT2D eigenvalue weighted by Crippen LogP contribution is -2.33. The Bertz CT molecular complexity index is 1290. The van der Waals surface area contributed by atoms with E-state index in [0.29, 0.717) is 28.4 Å². The first-order valence-corrected chi connectivity index (χ1v) is 12.2. The molecule has 184 valence electrons. The van der Waals surface area contributed by atoms with Gasteiger partial charge < -0.3 is 14.4 Å². The molecule has 3 amide bonds. The molecule has 2 heterocycles. The molecule has 3 fully saturated rings. The molecule has 8 nitrogen and oxygen atoms in total. The molecule has 2 saturated heterocycles. The molecule has 2 aliphatic heterocycles. The van der Waals surface area contributed by atoms with Gasteiger partial charge in [0.2, 0.25) is 17.7 Å². The molecule has 0 spiro atoms. The van der Waals surface area contributed by atoms with Gasteiger partial charge in [0.1, 0.15) is 11.5 Å². The van der Waals surface area contributed by atoms with Crippen LogP contribution in [0.5, 0.6) is 11.5 Å². The molecule has 1 saturated carbocycles. The van der Waals surface area contributed by atoms with Gasteiger partial charge in [-0.1, -0.05) is 12.2 Å². The highest BCUT2D eigenvalue weighted by molar-refractivity contribution is 6.23. The van der Waals surface area contributed by atoms with Crippen molar-refractivity contribution in [3.63, 3.8) is 0 Å². The van der Waals surface area contributed by atoms with Gasteiger partial charge in [0.15, 0.2) is 0 Å². The van der Waals surface area contributed by atoms with E-state index in [4.69, 9.17) is 9.47 Å². The van der Waals surface area contributed by atoms with Crippen molar-refractivity contribution in [2.24, 2.45) is 29.6 Å². The van der Waals surface area contributed by atoms with E-state index in [-0.39, 0.29) is 54.4 Å². The molecule has 2 aromatic rings. The number of carbonyl (C=O) groups is 4. The zero-order chi connectivity index (χ0) is 25.1. The second-order valence-corrected chi connectivity index (χ2v) is 9.98. The number of ether oxygens (including phenoxy) is 2. The third kappa shape index (κ3) is 3.43. The zero-order valence-corrected chi connectivity index (χ0v) is 20.0. The van der Waals surface area contributed by atoms with Crippen LogP contribution in [0.25, 0.3) is 0 Å². The summed E-state index contributed by atoms with van der Waals surface area (Å²) >= 11 is 0. The van der Waals surface area contributed by atoms with Crippen molar-refractivity contribution in [3.05, 3.63) is 60.2 Å². The molecule has 5 atom stereocenters. The van der Waals surface area contributed by atoms with Crippen molar-refractivity contribution in [3.8, 4) is 11.5 Å². The monoisotopic (exact) mass is 486 g/mol. The number of hydrogen-bond donors (Lipinski definition) is 0. The average molecular weight is 487 g/mol. The number of benzene rings is 2. The van der Waals surface area contributed by atoms with Gasteiger partial charge in [-0.2, -0.15) is 0 Å². The normalized spacial score (nSPS) is 28.3. The first-order valence-electron chi connectivity index (χ1n) is 12.2. The van der Waals surface area contributed by atoms with Gasteiger partial charge in [0.25, 0.3) is 0 Å². The first-order chi connectivity index (χ1) is 17.4. The molecule has 2 aromatic carbocycles. The molecular weight excluding hydrogens is 460 g/mol. The molecule has 4 aliphatic rings. The average Bonchev–Trinajstić information content (AvgIpc) is 3.64. The van der Waals surface area contributed by atoms with Gasteiger partial charge in [-0.05, 0) is 73.2 Å². The highest BCUT2D eigenvalue weighted by Crippen LogP contribution is 2.53. The maximum atomic E-state index is 13.1. The zero-order valence-electron chi connectivity index (χ0n) is 20.0. The summed E-state index contributed by atoms with van der Waals surface area (Å²) in [5.41, 5.74) is 1.90. The van der Waals surface area contributed by atoms with Crippen molar-refractivity contribution in [1.82, 2.24) is 0 Å². The summed E-state index contributed by atoms with van der Waals surface area (Å²) in [4.78, 5) is 54.6. The summed E-state index contributed by atoms with van der Waals surface area (Å²) in [6.45, 7) is 2.02. The number of allylic oxidation sites excluding steroid dienone is 2. The highest BCUT2D eigenvalue weighted by atomic mass is 16.5. The third-order valence-electron chi connectivity index (χ3n) is 7.94. The summed E-state index contributed by atoms with van der Waals surface area (Å²) < 4.78 is 10.8. The van der Waals surface area contributed by atoms with E-state index in [0.717, 1.165) is 6.42 Å². The molecule has 0 aromatic heterocycles. The fourth-order valence-electron chi connectivity index (χ4n) is 6.16. The number of imide groups is 1. The number of nitrogens with zero attached hydrogens (tertiary/aromatic N) is 2. The van der Waals surface area contributed by atoms with Crippen LogP contribution in [0.1, 0.15) is 18.4 Å². The van der Waals surface area contributed by atoms with Crippen molar-refractivity contribution in [1.29, 1.82) is 0 Å². The molecule has 6 rings (SSSR count). The van der Waals surface area contributed by atoms with Crippen LogP contribution in [-0.2, 0) is 19.2 Å². The molecule has 8 heteroatoms. The number of rotatable bonds is 5. The Kier molecular flexibility index (Phi) is 5.21. The van der Waals surface area contributed by atoms with Crippen LogP contribution in [0.3, 0.4) is 0 Å². The lowest BCUT2D eigenvalue weighted by atomic mass is 9.85. The topological polar surface area (TPSA) is 93.2 Å². The summed E-state index contributed by atoms with van der Waals surface area (Å²) in [5.74, 6) is -0.745. The van der Waals surface area contributed by atoms with Gasteiger partial charge in [0, 0.05) is 18.7 Å². The molecule has 2 bridgehead atoms. The summed E-state index contributed by atoms with van der Waals surface area (Å²) in [6.07, 6.45) is 5.09. The number of aryl methyl sites for hydroxylation is 1. The van der Waals surface area contributed by atoms with Gasteiger partial charge in [-0.25, -0.2) is 4.90 Å². The molecule has 0 radical (unpaired) electrons. The van der Waals surface area contributed by atoms with E-state index < -0.39 is 11.9 Å². The standard InChI is InChI=1S/C28H26N2O6/c1-15-11-21(9-10-22(15)30-26(32)24-16-3-4-17(12-16)25(24)27(30)33)36-28(34)18-13-23(31)29(14-18)19-5-7-20(35-2)8-6-19/h3-11,16-18,24-25H,12-14H2,1-2H3/t16-,17+,18-,24+,25+/m1/s1. The quantitative estimate of drug-likeness (QED) is 0.279. The second kappa shape index (κ2) is 8.33. The van der Waals surface area contributed by atoms with Gasteiger partial charge in [-0.3, -0.25) is 19.2 Å². The Balaban J connectivity index is 1.14. The Morgan fingerprint density at radius 2 is 1.56 bits per heavy atom. The number of anilines is 2. The van der Waals surface area contributed by atoms with Crippen LogP contribution < -0.4 is 19.3 Å². The Labute approximate surface area is 208 Å². The maximum Gasteiger partial charge on any atom is 0.316 e. The largest absolute Gasteiger partial charge is 0.497 e. The van der Waals surface area contributed by atoms with Crippen molar-refractivity contribution in [2.45, 2.75) is 19.8 Å². The molecule has 36 heavy (non-hydrogen) atoms. The Morgan fingerprint density at radius 1 is 0.917 bits per heavy atom. The fraction of sp³-hybridized carbons (Fsp3) is 0.357. The maximum absolute atomic E-state index is 13.1. The predicted octanol–water partition coefficient (Wildman–Crippen LogP) is 3.27. The number of carbonyl (C=O) groups excluding carboxylic acids is 4. The fourth-order valence-corrected chi connectivity index (χ4v) is 6.16. The summed E-state index contributed by atoms with van der Waals surface area (Å²) in [5, 5.41) is 0. The van der Waals surface area contributed by atoms with Crippen molar-refractivity contribution in [2.75, 3.05) is 23.5 Å². The molecule has 0 N–H and O–H groups in total. The Morgan fingerprint density at radius 3 is 2.17 bits per heavy atom. The number of hydrogen-bond acceptors (Lipinski definition) is 6. The minimum Gasteiger partial charge on any atom is -0.497 e. The van der Waals surface area contributed by atoms with E-state index in [1.165, 1.54) is 4.90 Å². The van der Waals surface area contributed by atoms with Crippen LogP contribution in [-0.4, -0.2) is 37.3 Å². The number of amides is 3. The Hall–Kier alpha value is -3.94. The van der Waals surface area contributed by atoms with Crippen LogP contribution in [0, 0.1) is 36.5 Å². The molecular formula is C28H26N2O6. The smallest absolute Gasteiger partial charge is 0.316 e. The van der Waals surface area contributed by atoms with Crippen molar-refractivity contribution >= 4 is 35.1 Å². The van der Waals surface area contributed by atoms with Crippen LogP contribution >= 0.6 is 0 Å². The van der Waals surface area contributed by atoms with Crippen molar-refractivity contribution < 1.29 is 28.7 Å². The van der Waals surface area contributed by atoms with E-state index >= 15 is 0 Å². The van der Waals surface area contributed by atoms with Gasteiger partial charge in [-0.15, -0.1) is 0 Å².